The van der Waals surface area contributed by atoms with Crippen LogP contribution in [-0.2, 0) is 17.5 Å². The number of piperidine rings is 1. The second-order valence-electron chi connectivity index (χ2n) is 7.24. The average Bonchev–Trinajstić information content (AvgIpc) is 3.41. The Hall–Kier alpha value is -2.43. The monoisotopic (exact) mass is 470 g/mol. The van der Waals surface area contributed by atoms with E-state index in [1.165, 1.54) is 11.3 Å². The summed E-state index contributed by atoms with van der Waals surface area (Å²) >= 11 is 7.50. The van der Waals surface area contributed by atoms with Gasteiger partial charge in [-0.2, -0.15) is 18.2 Å². The van der Waals surface area contributed by atoms with Crippen molar-refractivity contribution >= 4 is 34.5 Å². The Balaban J connectivity index is 1.39. The molecule has 1 aliphatic heterocycles. The summed E-state index contributed by atoms with van der Waals surface area (Å²) in [5, 5.41) is 8.52. The minimum absolute atomic E-state index is 0.0453. The van der Waals surface area contributed by atoms with Crippen molar-refractivity contribution in [1.29, 1.82) is 0 Å². The lowest BCUT2D eigenvalue weighted by Gasteiger charge is -2.31. The van der Waals surface area contributed by atoms with Crippen LogP contribution in [-0.4, -0.2) is 34.0 Å². The molecule has 1 atom stereocenters. The molecule has 0 bridgehead atoms. The van der Waals surface area contributed by atoms with Gasteiger partial charge in [-0.3, -0.25) is 9.69 Å². The van der Waals surface area contributed by atoms with E-state index < -0.39 is 11.7 Å². The number of carbonyl (C=O) groups is 1. The fourth-order valence-electron chi connectivity index (χ4n) is 3.46. The van der Waals surface area contributed by atoms with E-state index in [4.69, 9.17) is 16.1 Å². The number of thiophene rings is 1. The van der Waals surface area contributed by atoms with E-state index in [1.807, 2.05) is 22.4 Å². The minimum atomic E-state index is -4.52. The summed E-state index contributed by atoms with van der Waals surface area (Å²) in [6, 6.07) is 6.68. The van der Waals surface area contributed by atoms with Gasteiger partial charge in [-0.25, -0.2) is 0 Å². The number of halogens is 4. The van der Waals surface area contributed by atoms with Gasteiger partial charge in [-0.05, 0) is 49.0 Å². The van der Waals surface area contributed by atoms with Crippen LogP contribution in [0.1, 0.15) is 24.3 Å². The molecule has 1 unspecified atom stereocenters. The first-order chi connectivity index (χ1) is 14.8. The SMILES string of the molecule is O=C(Nc1cc(C(F)(F)F)ccc1Cl)C1CCCN(Cc2nc(-c3cccs3)no2)C1. The fourth-order valence-corrected chi connectivity index (χ4v) is 4.28. The van der Waals surface area contributed by atoms with E-state index in [1.54, 1.807) is 0 Å². The molecule has 1 fully saturated rings. The summed E-state index contributed by atoms with van der Waals surface area (Å²) in [6.45, 7) is 1.58. The van der Waals surface area contributed by atoms with E-state index in [0.717, 1.165) is 36.0 Å². The molecule has 0 aliphatic carbocycles. The second-order valence-corrected chi connectivity index (χ2v) is 8.60. The van der Waals surface area contributed by atoms with Gasteiger partial charge in [0.05, 0.1) is 33.6 Å². The van der Waals surface area contributed by atoms with Crippen LogP contribution in [0.2, 0.25) is 5.02 Å². The molecule has 4 rings (SSSR count). The highest BCUT2D eigenvalue weighted by Crippen LogP contribution is 2.34. The first kappa shape index (κ1) is 21.8. The number of alkyl halides is 3. The summed E-state index contributed by atoms with van der Waals surface area (Å²) in [7, 11) is 0. The van der Waals surface area contributed by atoms with Gasteiger partial charge in [-0.1, -0.05) is 22.8 Å². The average molecular weight is 471 g/mol. The topological polar surface area (TPSA) is 71.3 Å². The van der Waals surface area contributed by atoms with Crippen molar-refractivity contribution < 1.29 is 22.5 Å². The summed E-state index contributed by atoms with van der Waals surface area (Å²) in [5.74, 6) is 0.218. The van der Waals surface area contributed by atoms with Gasteiger partial charge in [0, 0.05) is 6.54 Å². The van der Waals surface area contributed by atoms with Gasteiger partial charge < -0.3 is 9.84 Å². The summed E-state index contributed by atoms with van der Waals surface area (Å²) in [5.41, 5.74) is -0.911. The number of aromatic nitrogens is 2. The first-order valence-electron chi connectivity index (χ1n) is 9.56. The number of benzene rings is 1. The van der Waals surface area contributed by atoms with Crippen molar-refractivity contribution in [1.82, 2.24) is 15.0 Å². The standard InChI is InChI=1S/C20H18ClF3N4O2S/c21-14-6-5-13(20(22,23)24)9-15(14)25-19(29)12-3-1-7-28(10-12)11-17-26-18(27-30-17)16-4-2-8-31-16/h2,4-6,8-9,12H,1,3,7,10-11H2,(H,25,29). The second kappa shape index (κ2) is 8.97. The zero-order valence-electron chi connectivity index (χ0n) is 16.2. The van der Waals surface area contributed by atoms with Gasteiger partial charge in [-0.15, -0.1) is 11.3 Å². The van der Waals surface area contributed by atoms with Crippen LogP contribution in [0.25, 0.3) is 10.7 Å². The highest BCUT2D eigenvalue weighted by atomic mass is 35.5. The number of nitrogens with zero attached hydrogens (tertiary/aromatic N) is 3. The van der Waals surface area contributed by atoms with Crippen molar-refractivity contribution in [2.75, 3.05) is 18.4 Å². The maximum absolute atomic E-state index is 13.0. The maximum atomic E-state index is 13.0. The molecule has 1 amide bonds. The molecule has 1 aliphatic rings. The van der Waals surface area contributed by atoms with E-state index in [-0.39, 0.29) is 22.5 Å². The molecule has 6 nitrogen and oxygen atoms in total. The number of amides is 1. The van der Waals surface area contributed by atoms with Crippen LogP contribution in [0.3, 0.4) is 0 Å². The van der Waals surface area contributed by atoms with Gasteiger partial charge in [0.25, 0.3) is 0 Å². The van der Waals surface area contributed by atoms with Crippen LogP contribution < -0.4 is 5.32 Å². The third kappa shape index (κ3) is 5.25. The van der Waals surface area contributed by atoms with Gasteiger partial charge in [0.15, 0.2) is 0 Å². The molecule has 3 aromatic rings. The summed E-state index contributed by atoms with van der Waals surface area (Å²) < 4.78 is 44.2. The van der Waals surface area contributed by atoms with Crippen molar-refractivity contribution in [2.45, 2.75) is 25.6 Å². The molecule has 1 N–H and O–H groups in total. The molecule has 1 aromatic carbocycles. The quantitative estimate of drug-likeness (QED) is 0.546. The largest absolute Gasteiger partial charge is 0.416 e. The van der Waals surface area contributed by atoms with Gasteiger partial charge in [0.1, 0.15) is 0 Å². The molecule has 0 spiro atoms. The predicted octanol–water partition coefficient (Wildman–Crippen LogP) is 5.32. The lowest BCUT2D eigenvalue weighted by atomic mass is 9.97. The number of hydrogen-bond acceptors (Lipinski definition) is 6. The number of likely N-dealkylation sites (tertiary alicyclic amines) is 1. The predicted molar refractivity (Wildman–Crippen MR) is 111 cm³/mol. The lowest BCUT2D eigenvalue weighted by Crippen LogP contribution is -2.40. The lowest BCUT2D eigenvalue weighted by molar-refractivity contribution is -0.137. The number of rotatable bonds is 5. The van der Waals surface area contributed by atoms with Gasteiger partial charge in [0.2, 0.25) is 17.6 Å². The Morgan fingerprint density at radius 3 is 2.94 bits per heavy atom. The Morgan fingerprint density at radius 1 is 1.35 bits per heavy atom. The third-order valence-electron chi connectivity index (χ3n) is 5.00. The maximum Gasteiger partial charge on any atom is 0.416 e. The van der Waals surface area contributed by atoms with Crippen molar-refractivity contribution in [3.8, 4) is 10.7 Å². The molecule has 11 heteroatoms. The van der Waals surface area contributed by atoms with Crippen LogP contribution in [0.15, 0.2) is 40.2 Å². The number of anilines is 1. The van der Waals surface area contributed by atoms with Crippen LogP contribution in [0, 0.1) is 5.92 Å². The molecule has 0 radical (unpaired) electrons. The summed E-state index contributed by atoms with van der Waals surface area (Å²) in [6.07, 6.45) is -3.12. The van der Waals surface area contributed by atoms with Crippen molar-refractivity contribution in [2.24, 2.45) is 5.92 Å². The van der Waals surface area contributed by atoms with E-state index in [9.17, 15) is 18.0 Å². The number of hydrogen-bond donors (Lipinski definition) is 1. The van der Waals surface area contributed by atoms with Crippen molar-refractivity contribution in [3.05, 3.63) is 52.2 Å². The van der Waals surface area contributed by atoms with Crippen LogP contribution >= 0.6 is 22.9 Å². The Bertz CT molecular complexity index is 1060. The molecule has 164 valence electrons. The Morgan fingerprint density at radius 2 is 2.19 bits per heavy atom. The number of nitrogens with one attached hydrogen (secondary N) is 1. The highest BCUT2D eigenvalue weighted by Gasteiger charge is 2.32. The normalized spacial score (nSPS) is 17.6. The minimum Gasteiger partial charge on any atom is -0.338 e. The molecule has 31 heavy (non-hydrogen) atoms. The first-order valence-corrected chi connectivity index (χ1v) is 10.8. The highest BCUT2D eigenvalue weighted by molar-refractivity contribution is 7.13. The molecule has 3 heterocycles. The van der Waals surface area contributed by atoms with Gasteiger partial charge >= 0.3 is 6.18 Å². The molecule has 2 aromatic heterocycles. The molecular formula is C20H18ClF3N4O2S. The van der Waals surface area contributed by atoms with Crippen LogP contribution in [0.4, 0.5) is 18.9 Å². The van der Waals surface area contributed by atoms with E-state index in [2.05, 4.69) is 15.5 Å². The van der Waals surface area contributed by atoms with E-state index >= 15 is 0 Å². The van der Waals surface area contributed by atoms with E-state index in [0.29, 0.717) is 31.2 Å². The molecular weight excluding hydrogens is 453 g/mol. The Kier molecular flexibility index (Phi) is 6.31. The smallest absolute Gasteiger partial charge is 0.338 e. The van der Waals surface area contributed by atoms with Crippen molar-refractivity contribution in [3.63, 3.8) is 0 Å². The zero-order chi connectivity index (χ0) is 22.0. The summed E-state index contributed by atoms with van der Waals surface area (Å²) in [4.78, 5) is 20.0. The molecule has 1 saturated heterocycles. The number of carbonyl (C=O) groups excluding carboxylic acids is 1. The third-order valence-corrected chi connectivity index (χ3v) is 6.19. The Labute approximate surface area is 185 Å². The molecule has 0 saturated carbocycles. The fraction of sp³-hybridized carbons (Fsp3) is 0.350. The zero-order valence-corrected chi connectivity index (χ0v) is 17.7. The van der Waals surface area contributed by atoms with Crippen LogP contribution in [0.5, 0.6) is 0 Å².